The van der Waals surface area contributed by atoms with E-state index in [-0.39, 0.29) is 17.9 Å². The standard InChI is InChI=1S/C12H14FNO4S/c13-9-4-3-5-10(8-9)19(17,18)14-7-2-1-6-11(14)12(15)16/h3-5,8,11H,1-2,6-7H2,(H,15,16)/t11-/m1/s1. The number of carboxylic acids is 1. The van der Waals surface area contributed by atoms with Crippen molar-refractivity contribution in [2.45, 2.75) is 30.2 Å². The molecular formula is C12H14FNO4S. The van der Waals surface area contributed by atoms with Gasteiger partial charge in [0.25, 0.3) is 0 Å². The Kier molecular flexibility index (Phi) is 3.86. The van der Waals surface area contributed by atoms with E-state index in [4.69, 9.17) is 5.11 Å². The Bertz CT molecular complexity index is 587. The molecule has 5 nitrogen and oxygen atoms in total. The van der Waals surface area contributed by atoms with Crippen molar-refractivity contribution in [2.24, 2.45) is 0 Å². The number of halogens is 1. The maximum atomic E-state index is 13.1. The Morgan fingerprint density at radius 3 is 2.74 bits per heavy atom. The lowest BCUT2D eigenvalue weighted by molar-refractivity contribution is -0.142. The predicted octanol–water partition coefficient (Wildman–Crippen LogP) is 1.45. The molecule has 1 aliphatic heterocycles. The summed E-state index contributed by atoms with van der Waals surface area (Å²) in [7, 11) is -3.97. The minimum Gasteiger partial charge on any atom is -0.480 e. The molecule has 19 heavy (non-hydrogen) atoms. The van der Waals surface area contributed by atoms with Crippen molar-refractivity contribution in [3.05, 3.63) is 30.1 Å². The van der Waals surface area contributed by atoms with Gasteiger partial charge in [-0.05, 0) is 37.5 Å². The molecule has 1 atom stereocenters. The van der Waals surface area contributed by atoms with Crippen molar-refractivity contribution in [2.75, 3.05) is 6.54 Å². The molecule has 104 valence electrons. The maximum absolute atomic E-state index is 13.1. The van der Waals surface area contributed by atoms with Crippen molar-refractivity contribution in [1.29, 1.82) is 0 Å². The van der Waals surface area contributed by atoms with Crippen LogP contribution in [-0.2, 0) is 14.8 Å². The number of hydrogen-bond donors (Lipinski definition) is 1. The summed E-state index contributed by atoms with van der Waals surface area (Å²) in [5.74, 6) is -1.83. The molecule has 1 aromatic carbocycles. The molecular weight excluding hydrogens is 273 g/mol. The zero-order chi connectivity index (χ0) is 14.0. The minimum absolute atomic E-state index is 0.149. The first-order valence-corrected chi connectivity index (χ1v) is 7.37. The number of rotatable bonds is 3. The largest absolute Gasteiger partial charge is 0.480 e. The molecule has 1 fully saturated rings. The van der Waals surface area contributed by atoms with E-state index < -0.39 is 27.9 Å². The van der Waals surface area contributed by atoms with Gasteiger partial charge in [0.15, 0.2) is 0 Å². The van der Waals surface area contributed by atoms with Gasteiger partial charge in [0.1, 0.15) is 11.9 Å². The second kappa shape index (κ2) is 5.26. The van der Waals surface area contributed by atoms with Crippen LogP contribution in [0.2, 0.25) is 0 Å². The average molecular weight is 287 g/mol. The second-order valence-corrected chi connectivity index (χ2v) is 6.31. The summed E-state index contributed by atoms with van der Waals surface area (Å²) < 4.78 is 38.8. The lowest BCUT2D eigenvalue weighted by Crippen LogP contribution is -2.47. The molecule has 0 spiro atoms. The number of hydrogen-bond acceptors (Lipinski definition) is 3. The van der Waals surface area contributed by atoms with Crippen molar-refractivity contribution in [1.82, 2.24) is 4.31 Å². The van der Waals surface area contributed by atoms with Gasteiger partial charge in [-0.25, -0.2) is 12.8 Å². The molecule has 0 saturated carbocycles. The molecule has 1 saturated heterocycles. The monoisotopic (exact) mass is 287 g/mol. The van der Waals surface area contributed by atoms with E-state index in [1.54, 1.807) is 0 Å². The first-order chi connectivity index (χ1) is 8.93. The Morgan fingerprint density at radius 1 is 1.37 bits per heavy atom. The van der Waals surface area contributed by atoms with Gasteiger partial charge in [0.2, 0.25) is 10.0 Å². The van der Waals surface area contributed by atoms with E-state index >= 15 is 0 Å². The van der Waals surface area contributed by atoms with Crippen LogP contribution in [0.15, 0.2) is 29.2 Å². The summed E-state index contributed by atoms with van der Waals surface area (Å²) in [6.45, 7) is 0.149. The van der Waals surface area contributed by atoms with E-state index in [0.29, 0.717) is 12.8 Å². The molecule has 2 rings (SSSR count). The van der Waals surface area contributed by atoms with Crippen LogP contribution in [-0.4, -0.2) is 36.4 Å². The lowest BCUT2D eigenvalue weighted by atomic mass is 10.1. The number of piperidine rings is 1. The van der Waals surface area contributed by atoms with Crippen LogP contribution in [0.5, 0.6) is 0 Å². The number of nitrogens with zero attached hydrogens (tertiary/aromatic N) is 1. The van der Waals surface area contributed by atoms with Crippen molar-refractivity contribution in [3.63, 3.8) is 0 Å². The van der Waals surface area contributed by atoms with E-state index in [2.05, 4.69) is 0 Å². The van der Waals surface area contributed by atoms with Gasteiger partial charge in [-0.2, -0.15) is 4.31 Å². The van der Waals surface area contributed by atoms with Crippen LogP contribution < -0.4 is 0 Å². The molecule has 1 aromatic rings. The normalized spacial score (nSPS) is 21.2. The second-order valence-electron chi connectivity index (χ2n) is 4.42. The highest BCUT2D eigenvalue weighted by atomic mass is 32.2. The first-order valence-electron chi connectivity index (χ1n) is 5.93. The third-order valence-corrected chi connectivity index (χ3v) is 5.05. The third kappa shape index (κ3) is 2.76. The van der Waals surface area contributed by atoms with E-state index in [0.717, 1.165) is 16.4 Å². The van der Waals surface area contributed by atoms with Gasteiger partial charge in [-0.1, -0.05) is 6.07 Å². The fraction of sp³-hybridized carbons (Fsp3) is 0.417. The summed E-state index contributed by atoms with van der Waals surface area (Å²) in [4.78, 5) is 10.9. The number of carboxylic acid groups (broad SMARTS) is 1. The smallest absolute Gasteiger partial charge is 0.322 e. The molecule has 0 amide bonds. The van der Waals surface area contributed by atoms with E-state index in [9.17, 15) is 17.6 Å². The summed E-state index contributed by atoms with van der Waals surface area (Å²) in [5, 5.41) is 9.09. The molecule has 0 aliphatic carbocycles. The van der Waals surface area contributed by atoms with Crippen molar-refractivity contribution < 1.29 is 22.7 Å². The molecule has 0 unspecified atom stereocenters. The first kappa shape index (κ1) is 14.0. The number of carbonyl (C=O) groups is 1. The summed E-state index contributed by atoms with van der Waals surface area (Å²) >= 11 is 0. The van der Waals surface area contributed by atoms with Crippen LogP contribution in [0.25, 0.3) is 0 Å². The Labute approximate surface area is 110 Å². The average Bonchev–Trinajstić information content (AvgIpc) is 2.38. The SMILES string of the molecule is O=C(O)[C@H]1CCCCN1S(=O)(=O)c1cccc(F)c1. The summed E-state index contributed by atoms with van der Waals surface area (Å²) in [5.41, 5.74) is 0. The van der Waals surface area contributed by atoms with Crippen LogP contribution in [0, 0.1) is 5.82 Å². The van der Waals surface area contributed by atoms with Gasteiger partial charge < -0.3 is 5.11 Å². The molecule has 7 heteroatoms. The van der Waals surface area contributed by atoms with Crippen LogP contribution in [0.4, 0.5) is 4.39 Å². The van der Waals surface area contributed by atoms with Crippen molar-refractivity contribution >= 4 is 16.0 Å². The molecule has 0 radical (unpaired) electrons. The molecule has 1 heterocycles. The van der Waals surface area contributed by atoms with Gasteiger partial charge in [-0.3, -0.25) is 4.79 Å². The van der Waals surface area contributed by atoms with Gasteiger partial charge in [0.05, 0.1) is 4.90 Å². The molecule has 0 aromatic heterocycles. The topological polar surface area (TPSA) is 74.7 Å². The fourth-order valence-electron chi connectivity index (χ4n) is 2.20. The summed E-state index contributed by atoms with van der Waals surface area (Å²) in [6, 6.07) is 3.54. The molecule has 1 aliphatic rings. The molecule has 1 N–H and O–H groups in total. The Morgan fingerprint density at radius 2 is 2.11 bits per heavy atom. The van der Waals surface area contributed by atoms with Gasteiger partial charge >= 0.3 is 5.97 Å². The van der Waals surface area contributed by atoms with Crippen molar-refractivity contribution in [3.8, 4) is 0 Å². The van der Waals surface area contributed by atoms with Gasteiger partial charge in [-0.15, -0.1) is 0 Å². The third-order valence-electron chi connectivity index (χ3n) is 3.14. The maximum Gasteiger partial charge on any atom is 0.322 e. The zero-order valence-electron chi connectivity index (χ0n) is 10.1. The van der Waals surface area contributed by atoms with Crippen LogP contribution >= 0.6 is 0 Å². The predicted molar refractivity (Wildman–Crippen MR) is 65.6 cm³/mol. The number of sulfonamides is 1. The highest BCUT2D eigenvalue weighted by molar-refractivity contribution is 7.89. The highest BCUT2D eigenvalue weighted by Gasteiger charge is 2.37. The quantitative estimate of drug-likeness (QED) is 0.913. The summed E-state index contributed by atoms with van der Waals surface area (Å²) in [6.07, 6.45) is 1.56. The lowest BCUT2D eigenvalue weighted by Gasteiger charge is -2.31. The fourth-order valence-corrected chi connectivity index (χ4v) is 3.89. The number of benzene rings is 1. The van der Waals surface area contributed by atoms with Crippen LogP contribution in [0.1, 0.15) is 19.3 Å². The molecule has 0 bridgehead atoms. The zero-order valence-corrected chi connectivity index (χ0v) is 10.9. The Balaban J connectivity index is 2.40. The Hall–Kier alpha value is -1.47. The van der Waals surface area contributed by atoms with Crippen LogP contribution in [0.3, 0.4) is 0 Å². The van der Waals surface area contributed by atoms with E-state index in [1.807, 2.05) is 0 Å². The number of aliphatic carboxylic acids is 1. The minimum atomic E-state index is -3.97. The van der Waals surface area contributed by atoms with E-state index in [1.165, 1.54) is 12.1 Å². The highest BCUT2D eigenvalue weighted by Crippen LogP contribution is 2.25. The van der Waals surface area contributed by atoms with Gasteiger partial charge in [0, 0.05) is 6.54 Å².